The Hall–Kier alpha value is -3.38. The van der Waals surface area contributed by atoms with E-state index in [1.165, 1.54) is 26.0 Å². The number of nitrogens with zero attached hydrogens (tertiary/aromatic N) is 3. The maximum absolute atomic E-state index is 12.7. The zero-order valence-corrected chi connectivity index (χ0v) is 21.0. The van der Waals surface area contributed by atoms with Crippen molar-refractivity contribution in [2.75, 3.05) is 31.9 Å². The van der Waals surface area contributed by atoms with Gasteiger partial charge in [0.2, 0.25) is 5.91 Å². The number of thiophene rings is 1. The van der Waals surface area contributed by atoms with Crippen LogP contribution < -0.4 is 10.1 Å². The predicted molar refractivity (Wildman–Crippen MR) is 129 cm³/mol. The van der Waals surface area contributed by atoms with Crippen molar-refractivity contribution in [1.82, 2.24) is 14.8 Å². The molecule has 1 N–H and O–H groups in total. The van der Waals surface area contributed by atoms with Crippen LogP contribution in [0.15, 0.2) is 29.4 Å². The van der Waals surface area contributed by atoms with E-state index in [4.69, 9.17) is 14.2 Å². The Labute approximate surface area is 204 Å². The molecule has 0 spiro atoms. The number of hydrogen-bond donors (Lipinski definition) is 1. The van der Waals surface area contributed by atoms with Crippen LogP contribution in [0.4, 0.5) is 5.00 Å². The van der Waals surface area contributed by atoms with Crippen molar-refractivity contribution in [3.05, 3.63) is 40.3 Å². The monoisotopic (exact) mass is 504 g/mol. The number of para-hydroxylation sites is 1. The van der Waals surface area contributed by atoms with Gasteiger partial charge in [-0.25, -0.2) is 9.59 Å². The molecule has 0 aliphatic carbocycles. The van der Waals surface area contributed by atoms with Gasteiger partial charge in [-0.1, -0.05) is 23.9 Å². The summed E-state index contributed by atoms with van der Waals surface area (Å²) in [5.74, 6) is -0.327. The first kappa shape index (κ1) is 25.2. The number of carbonyl (C=O) groups excluding carboxylic acids is 3. The number of hydrogen-bond acceptors (Lipinski definition) is 10. The van der Waals surface area contributed by atoms with Crippen LogP contribution in [-0.2, 0) is 21.3 Å². The van der Waals surface area contributed by atoms with Crippen molar-refractivity contribution in [3.8, 4) is 17.1 Å². The Balaban J connectivity index is 1.76. The smallest absolute Gasteiger partial charge is 0.348 e. The van der Waals surface area contributed by atoms with Crippen LogP contribution in [0.5, 0.6) is 5.75 Å². The highest BCUT2D eigenvalue weighted by Gasteiger charge is 2.27. The van der Waals surface area contributed by atoms with E-state index in [2.05, 4.69) is 15.5 Å². The molecule has 0 radical (unpaired) electrons. The molecule has 2 heterocycles. The number of esters is 2. The minimum Gasteiger partial charge on any atom is -0.493 e. The molecule has 0 unspecified atom stereocenters. The molecule has 0 saturated carbocycles. The highest BCUT2D eigenvalue weighted by molar-refractivity contribution is 7.99. The summed E-state index contributed by atoms with van der Waals surface area (Å²) < 4.78 is 17.0. The van der Waals surface area contributed by atoms with E-state index in [1.54, 1.807) is 18.5 Å². The Morgan fingerprint density at radius 3 is 2.50 bits per heavy atom. The molecule has 34 heavy (non-hydrogen) atoms. The van der Waals surface area contributed by atoms with Gasteiger partial charge in [-0.3, -0.25) is 4.79 Å². The van der Waals surface area contributed by atoms with Crippen molar-refractivity contribution < 1.29 is 28.6 Å². The van der Waals surface area contributed by atoms with Crippen LogP contribution in [0.1, 0.15) is 32.5 Å². The Bertz CT molecular complexity index is 1220. The molecule has 3 aromatic rings. The molecule has 12 heteroatoms. The zero-order valence-electron chi connectivity index (χ0n) is 19.3. The summed E-state index contributed by atoms with van der Waals surface area (Å²) in [5.41, 5.74) is 1.31. The van der Waals surface area contributed by atoms with Gasteiger partial charge in [-0.2, -0.15) is 0 Å². The number of ether oxygens (including phenoxy) is 3. The average Bonchev–Trinajstić information content (AvgIpc) is 3.36. The zero-order chi connectivity index (χ0) is 24.8. The van der Waals surface area contributed by atoms with Gasteiger partial charge >= 0.3 is 11.9 Å². The molecule has 10 nitrogen and oxygen atoms in total. The van der Waals surface area contributed by atoms with Gasteiger partial charge < -0.3 is 24.1 Å². The largest absolute Gasteiger partial charge is 0.493 e. The number of carbonyl (C=O) groups is 3. The lowest BCUT2D eigenvalue weighted by Crippen LogP contribution is -2.16. The third-order valence-electron chi connectivity index (χ3n) is 4.76. The molecular formula is C22H24N4O6S2. The second-order valence-electron chi connectivity index (χ2n) is 6.87. The van der Waals surface area contributed by atoms with E-state index < -0.39 is 11.9 Å². The SMILES string of the molecule is CCOc1ccccc1-c1nnc(SCC(=O)Nc2sc(C(=O)OC)c(C)c2C(=O)OC)n1C. The van der Waals surface area contributed by atoms with E-state index in [0.29, 0.717) is 28.9 Å². The molecule has 2 aromatic heterocycles. The number of amides is 1. The summed E-state index contributed by atoms with van der Waals surface area (Å²) in [7, 11) is 4.28. The van der Waals surface area contributed by atoms with Crippen LogP contribution in [-0.4, -0.2) is 59.2 Å². The van der Waals surface area contributed by atoms with Gasteiger partial charge in [0.25, 0.3) is 0 Å². The van der Waals surface area contributed by atoms with Crippen LogP contribution >= 0.6 is 23.1 Å². The fourth-order valence-electron chi connectivity index (χ4n) is 3.14. The summed E-state index contributed by atoms with van der Waals surface area (Å²) in [6.45, 7) is 4.02. The highest BCUT2D eigenvalue weighted by Crippen LogP contribution is 2.35. The van der Waals surface area contributed by atoms with E-state index >= 15 is 0 Å². The highest BCUT2D eigenvalue weighted by atomic mass is 32.2. The molecule has 1 aromatic carbocycles. The topological polar surface area (TPSA) is 122 Å². The molecule has 0 bridgehead atoms. The van der Waals surface area contributed by atoms with Gasteiger partial charge in [-0.05, 0) is 31.5 Å². The fraction of sp³-hybridized carbons (Fsp3) is 0.318. The van der Waals surface area contributed by atoms with Crippen molar-refractivity contribution in [2.24, 2.45) is 7.05 Å². The standard InChI is InChI=1S/C22H24N4O6S2/c1-6-32-14-10-8-7-9-13(14)18-24-25-22(26(18)3)33-11-15(27)23-19-16(20(28)30-4)12(2)17(34-19)21(29)31-5/h7-10H,6,11H2,1-5H3,(H,23,27). The minimum atomic E-state index is -0.655. The van der Waals surface area contributed by atoms with Crippen LogP contribution in [0.25, 0.3) is 11.4 Å². The lowest BCUT2D eigenvalue weighted by Gasteiger charge is -2.09. The van der Waals surface area contributed by atoms with Gasteiger partial charge in [0.05, 0.1) is 37.7 Å². The number of nitrogens with one attached hydrogen (secondary N) is 1. The maximum Gasteiger partial charge on any atom is 0.348 e. The lowest BCUT2D eigenvalue weighted by molar-refractivity contribution is -0.113. The summed E-state index contributed by atoms with van der Waals surface area (Å²) >= 11 is 2.14. The number of aromatic nitrogens is 3. The molecular weight excluding hydrogens is 480 g/mol. The average molecular weight is 505 g/mol. The summed E-state index contributed by atoms with van der Waals surface area (Å²) in [5, 5.41) is 11.9. The lowest BCUT2D eigenvalue weighted by atomic mass is 10.1. The normalized spacial score (nSPS) is 10.6. The number of rotatable bonds is 9. The van der Waals surface area contributed by atoms with E-state index in [0.717, 1.165) is 16.9 Å². The Morgan fingerprint density at radius 1 is 1.12 bits per heavy atom. The predicted octanol–water partition coefficient (Wildman–Crippen LogP) is 3.55. The van der Waals surface area contributed by atoms with E-state index in [1.807, 2.05) is 31.2 Å². The van der Waals surface area contributed by atoms with Crippen LogP contribution in [0, 0.1) is 6.92 Å². The molecule has 0 fully saturated rings. The van der Waals surface area contributed by atoms with Gasteiger partial charge in [-0.15, -0.1) is 21.5 Å². The molecule has 1 amide bonds. The van der Waals surface area contributed by atoms with Gasteiger partial charge in [0.15, 0.2) is 11.0 Å². The molecule has 0 aliphatic heterocycles. The molecule has 0 atom stereocenters. The minimum absolute atomic E-state index is 0.00416. The second-order valence-corrected chi connectivity index (χ2v) is 8.84. The van der Waals surface area contributed by atoms with E-state index in [-0.39, 0.29) is 27.1 Å². The third-order valence-corrected chi connectivity index (χ3v) is 6.96. The van der Waals surface area contributed by atoms with Gasteiger partial charge in [0, 0.05) is 7.05 Å². The number of thioether (sulfide) groups is 1. The summed E-state index contributed by atoms with van der Waals surface area (Å²) in [6.07, 6.45) is 0. The van der Waals surface area contributed by atoms with Crippen LogP contribution in [0.2, 0.25) is 0 Å². The van der Waals surface area contributed by atoms with Crippen molar-refractivity contribution in [3.63, 3.8) is 0 Å². The molecule has 0 aliphatic rings. The van der Waals surface area contributed by atoms with Gasteiger partial charge in [0.1, 0.15) is 15.6 Å². The first-order valence-corrected chi connectivity index (χ1v) is 12.0. The first-order valence-electron chi connectivity index (χ1n) is 10.2. The molecule has 180 valence electrons. The molecule has 3 rings (SSSR count). The molecule has 0 saturated heterocycles. The Kier molecular flexibility index (Phi) is 8.29. The second kappa shape index (κ2) is 11.2. The quantitative estimate of drug-likeness (QED) is 0.344. The van der Waals surface area contributed by atoms with E-state index in [9.17, 15) is 14.4 Å². The maximum atomic E-state index is 12.7. The fourth-order valence-corrected chi connectivity index (χ4v) is 4.98. The Morgan fingerprint density at radius 2 is 1.82 bits per heavy atom. The summed E-state index contributed by atoms with van der Waals surface area (Å²) in [6, 6.07) is 7.52. The summed E-state index contributed by atoms with van der Waals surface area (Å²) in [4.78, 5) is 37.1. The first-order chi connectivity index (χ1) is 16.3. The van der Waals surface area contributed by atoms with Crippen LogP contribution in [0.3, 0.4) is 0 Å². The van der Waals surface area contributed by atoms with Crippen molar-refractivity contribution >= 4 is 45.9 Å². The number of methoxy groups -OCH3 is 2. The number of benzene rings is 1. The number of anilines is 1. The van der Waals surface area contributed by atoms with Crippen molar-refractivity contribution in [1.29, 1.82) is 0 Å². The third kappa shape index (κ3) is 5.23. The van der Waals surface area contributed by atoms with Crippen molar-refractivity contribution in [2.45, 2.75) is 19.0 Å².